The highest BCUT2D eigenvalue weighted by Crippen LogP contribution is 2.37. The van der Waals surface area contributed by atoms with E-state index in [9.17, 15) is 4.79 Å². The van der Waals surface area contributed by atoms with Gasteiger partial charge in [0.1, 0.15) is 0 Å². The quantitative estimate of drug-likeness (QED) is 0.783. The van der Waals surface area contributed by atoms with Gasteiger partial charge in [-0.1, -0.05) is 18.2 Å². The van der Waals surface area contributed by atoms with Gasteiger partial charge >= 0.3 is 0 Å². The number of hydrogen-bond acceptors (Lipinski definition) is 3. The molecule has 2 unspecified atom stereocenters. The fourth-order valence-corrected chi connectivity index (χ4v) is 3.62. The molecule has 3 heterocycles. The highest BCUT2D eigenvalue weighted by molar-refractivity contribution is 6.08. The number of rotatable bonds is 2. The van der Waals surface area contributed by atoms with E-state index in [0.717, 1.165) is 42.0 Å². The molecule has 2 bridgehead atoms. The number of pyridine rings is 1. The third-order valence-corrected chi connectivity index (χ3v) is 4.61. The Labute approximate surface area is 118 Å². The first kappa shape index (κ1) is 12.0. The molecule has 2 aliphatic rings. The summed E-state index contributed by atoms with van der Waals surface area (Å²) in [5.74, 6) is 0.385. The van der Waals surface area contributed by atoms with Crippen LogP contribution in [0.5, 0.6) is 0 Å². The number of carbonyl (C=O) groups is 1. The molecule has 0 N–H and O–H groups in total. The van der Waals surface area contributed by atoms with Crippen molar-refractivity contribution >= 4 is 16.6 Å². The zero-order valence-corrected chi connectivity index (χ0v) is 11.3. The van der Waals surface area contributed by atoms with E-state index in [1.807, 2.05) is 24.3 Å². The maximum Gasteiger partial charge on any atom is 0.166 e. The van der Waals surface area contributed by atoms with E-state index >= 15 is 0 Å². The number of Topliss-reactive ketones (excluding diaryl/α,β-unsaturated/α-hetero) is 1. The lowest BCUT2D eigenvalue weighted by Gasteiger charge is -2.27. The van der Waals surface area contributed by atoms with E-state index < -0.39 is 0 Å². The van der Waals surface area contributed by atoms with Crippen LogP contribution in [0.15, 0.2) is 36.7 Å². The van der Waals surface area contributed by atoms with E-state index in [1.54, 1.807) is 12.4 Å². The second kappa shape index (κ2) is 4.67. The Morgan fingerprint density at radius 2 is 1.95 bits per heavy atom. The van der Waals surface area contributed by atoms with Crippen molar-refractivity contribution in [2.75, 3.05) is 0 Å². The molecule has 0 aliphatic carbocycles. The van der Waals surface area contributed by atoms with Gasteiger partial charge in [-0.05, 0) is 37.1 Å². The van der Waals surface area contributed by atoms with Crippen LogP contribution >= 0.6 is 0 Å². The monoisotopic (exact) mass is 267 g/mol. The smallest absolute Gasteiger partial charge is 0.166 e. The SMILES string of the molecule is O=C(c1cccc2ccncc12)C1CC2CCC(C1)O2. The van der Waals surface area contributed by atoms with Gasteiger partial charge in [0.2, 0.25) is 0 Å². The Morgan fingerprint density at radius 3 is 2.75 bits per heavy atom. The number of carbonyl (C=O) groups excluding carboxylic acids is 1. The standard InChI is InChI=1S/C17H17NO2/c19-17(12-8-13-4-5-14(9-12)20-13)15-3-1-2-11-6-7-18-10-16(11)15/h1-3,6-7,10,12-14H,4-5,8-9H2. The topological polar surface area (TPSA) is 39.2 Å². The number of ether oxygens (including phenoxy) is 1. The van der Waals surface area contributed by atoms with Gasteiger partial charge in [0.15, 0.2) is 5.78 Å². The largest absolute Gasteiger partial charge is 0.375 e. The highest BCUT2D eigenvalue weighted by atomic mass is 16.5. The summed E-state index contributed by atoms with van der Waals surface area (Å²) in [6.45, 7) is 0. The van der Waals surface area contributed by atoms with Gasteiger partial charge < -0.3 is 4.74 Å². The lowest BCUT2D eigenvalue weighted by atomic mass is 9.86. The van der Waals surface area contributed by atoms with Crippen LogP contribution in [0.3, 0.4) is 0 Å². The lowest BCUT2D eigenvalue weighted by molar-refractivity contribution is -0.0148. The Morgan fingerprint density at radius 1 is 1.15 bits per heavy atom. The van der Waals surface area contributed by atoms with Gasteiger partial charge in [0.25, 0.3) is 0 Å². The summed E-state index contributed by atoms with van der Waals surface area (Å²) in [6.07, 6.45) is 8.17. The van der Waals surface area contributed by atoms with Crippen LogP contribution in [0.25, 0.3) is 10.8 Å². The van der Waals surface area contributed by atoms with Crippen molar-refractivity contribution in [3.63, 3.8) is 0 Å². The molecule has 1 aromatic carbocycles. The van der Waals surface area contributed by atoms with E-state index in [1.165, 1.54) is 0 Å². The third kappa shape index (κ3) is 1.93. The summed E-state index contributed by atoms with van der Waals surface area (Å²) in [4.78, 5) is 17.0. The first-order valence-corrected chi connectivity index (χ1v) is 7.33. The van der Waals surface area contributed by atoms with Crippen molar-refractivity contribution < 1.29 is 9.53 Å². The van der Waals surface area contributed by atoms with Crippen LogP contribution in [-0.4, -0.2) is 23.0 Å². The molecule has 102 valence electrons. The average molecular weight is 267 g/mol. The maximum atomic E-state index is 12.8. The minimum absolute atomic E-state index is 0.118. The minimum atomic E-state index is 0.118. The summed E-state index contributed by atoms with van der Waals surface area (Å²) in [5.41, 5.74) is 0.821. The molecule has 2 saturated heterocycles. The van der Waals surface area contributed by atoms with Crippen molar-refractivity contribution in [1.29, 1.82) is 0 Å². The van der Waals surface area contributed by atoms with Crippen molar-refractivity contribution in [3.05, 3.63) is 42.2 Å². The fraction of sp³-hybridized carbons (Fsp3) is 0.412. The van der Waals surface area contributed by atoms with Crippen LogP contribution < -0.4 is 0 Å². The van der Waals surface area contributed by atoms with Crippen molar-refractivity contribution in [3.8, 4) is 0 Å². The molecule has 2 aromatic rings. The number of ketones is 1. The molecule has 2 atom stereocenters. The van der Waals surface area contributed by atoms with Crippen molar-refractivity contribution in [2.24, 2.45) is 5.92 Å². The number of nitrogens with zero attached hydrogens (tertiary/aromatic N) is 1. The highest BCUT2D eigenvalue weighted by Gasteiger charge is 2.38. The normalized spacial score (nSPS) is 28.7. The number of benzene rings is 1. The molecule has 0 saturated carbocycles. The Balaban J connectivity index is 1.70. The molecule has 20 heavy (non-hydrogen) atoms. The molecule has 0 radical (unpaired) electrons. The van der Waals surface area contributed by atoms with Gasteiger partial charge in [0, 0.05) is 29.3 Å². The summed E-state index contributed by atoms with van der Waals surface area (Å²) in [5, 5.41) is 2.06. The van der Waals surface area contributed by atoms with Crippen molar-refractivity contribution in [1.82, 2.24) is 4.98 Å². The van der Waals surface area contributed by atoms with E-state index in [4.69, 9.17) is 4.74 Å². The number of fused-ring (bicyclic) bond motifs is 3. The van der Waals surface area contributed by atoms with Gasteiger partial charge in [-0.25, -0.2) is 0 Å². The summed E-state index contributed by atoms with van der Waals surface area (Å²) in [7, 11) is 0. The van der Waals surface area contributed by atoms with Gasteiger partial charge in [-0.15, -0.1) is 0 Å². The maximum absolute atomic E-state index is 12.8. The molecular formula is C17H17NO2. The zero-order valence-electron chi connectivity index (χ0n) is 11.3. The molecule has 2 fully saturated rings. The summed E-state index contributed by atoms with van der Waals surface area (Å²) >= 11 is 0. The Bertz CT molecular complexity index is 650. The van der Waals surface area contributed by atoms with Gasteiger partial charge in [0.05, 0.1) is 12.2 Å². The van der Waals surface area contributed by atoms with E-state index in [0.29, 0.717) is 12.2 Å². The lowest BCUT2D eigenvalue weighted by Crippen LogP contribution is -2.30. The zero-order chi connectivity index (χ0) is 13.5. The molecular weight excluding hydrogens is 250 g/mol. The number of hydrogen-bond donors (Lipinski definition) is 0. The van der Waals surface area contributed by atoms with E-state index in [-0.39, 0.29) is 11.7 Å². The molecule has 0 amide bonds. The Kier molecular flexibility index (Phi) is 2.81. The van der Waals surface area contributed by atoms with Gasteiger partial charge in [-0.2, -0.15) is 0 Å². The third-order valence-electron chi connectivity index (χ3n) is 4.61. The van der Waals surface area contributed by atoms with Crippen LogP contribution in [0.2, 0.25) is 0 Å². The summed E-state index contributed by atoms with van der Waals surface area (Å²) in [6, 6.07) is 7.88. The van der Waals surface area contributed by atoms with Crippen LogP contribution in [0, 0.1) is 5.92 Å². The predicted molar refractivity (Wildman–Crippen MR) is 76.7 cm³/mol. The van der Waals surface area contributed by atoms with Gasteiger partial charge in [-0.3, -0.25) is 9.78 Å². The Hall–Kier alpha value is -1.74. The second-order valence-electron chi connectivity index (χ2n) is 5.89. The molecule has 3 nitrogen and oxygen atoms in total. The first-order valence-electron chi connectivity index (χ1n) is 7.33. The van der Waals surface area contributed by atoms with E-state index in [2.05, 4.69) is 4.98 Å². The number of aromatic nitrogens is 1. The molecule has 2 aliphatic heterocycles. The summed E-state index contributed by atoms with van der Waals surface area (Å²) < 4.78 is 5.84. The van der Waals surface area contributed by atoms with Crippen LogP contribution in [0.4, 0.5) is 0 Å². The molecule has 4 rings (SSSR count). The first-order chi connectivity index (χ1) is 9.81. The molecule has 3 heteroatoms. The van der Waals surface area contributed by atoms with Crippen molar-refractivity contribution in [2.45, 2.75) is 37.9 Å². The predicted octanol–water partition coefficient (Wildman–Crippen LogP) is 3.38. The fourth-order valence-electron chi connectivity index (χ4n) is 3.62. The van der Waals surface area contributed by atoms with Crippen LogP contribution in [0.1, 0.15) is 36.0 Å². The molecule has 1 aromatic heterocycles. The van der Waals surface area contributed by atoms with Crippen LogP contribution in [-0.2, 0) is 4.74 Å². The average Bonchev–Trinajstić information content (AvgIpc) is 2.84. The molecule has 0 spiro atoms. The second-order valence-corrected chi connectivity index (χ2v) is 5.89. The minimum Gasteiger partial charge on any atom is -0.375 e.